The van der Waals surface area contributed by atoms with Gasteiger partial charge in [-0.2, -0.15) is 0 Å². The highest BCUT2D eigenvalue weighted by molar-refractivity contribution is 5.83. The van der Waals surface area contributed by atoms with E-state index in [4.69, 9.17) is 5.73 Å². The van der Waals surface area contributed by atoms with Crippen molar-refractivity contribution in [2.75, 3.05) is 19.6 Å². The van der Waals surface area contributed by atoms with Gasteiger partial charge in [0.05, 0.1) is 0 Å². The molecule has 5 heteroatoms. The first-order valence-corrected chi connectivity index (χ1v) is 6.03. The van der Waals surface area contributed by atoms with Gasteiger partial charge in [0.1, 0.15) is 6.54 Å². The number of unbranched alkanes of at least 4 members (excludes halogenated alkanes) is 1. The molecule has 4 N–H and O–H groups in total. The molecule has 5 nitrogen and oxygen atoms in total. The third kappa shape index (κ3) is 6.27. The summed E-state index contributed by atoms with van der Waals surface area (Å²) in [7, 11) is 0. The van der Waals surface area contributed by atoms with E-state index in [-0.39, 0.29) is 12.5 Å². The van der Waals surface area contributed by atoms with Gasteiger partial charge < -0.3 is 16.4 Å². The minimum atomic E-state index is -0.0489. The lowest BCUT2D eigenvalue weighted by molar-refractivity contribution is -0.119. The van der Waals surface area contributed by atoms with E-state index in [1.54, 1.807) is 0 Å². The molecule has 0 saturated heterocycles. The molecule has 0 unspecified atom stereocenters. The molecule has 1 aliphatic rings. The second kappa shape index (κ2) is 7.09. The van der Waals surface area contributed by atoms with Gasteiger partial charge in [0.25, 0.3) is 0 Å². The van der Waals surface area contributed by atoms with Gasteiger partial charge >= 0.3 is 0 Å². The van der Waals surface area contributed by atoms with Crippen molar-refractivity contribution in [3.8, 4) is 0 Å². The van der Waals surface area contributed by atoms with Crippen LogP contribution in [0.25, 0.3) is 0 Å². The highest BCUT2D eigenvalue weighted by Crippen LogP contribution is 2.27. The van der Waals surface area contributed by atoms with Crippen LogP contribution in [0.5, 0.6) is 0 Å². The van der Waals surface area contributed by atoms with Crippen LogP contribution in [0.15, 0.2) is 4.99 Å². The molecule has 1 rings (SSSR count). The van der Waals surface area contributed by atoms with Crippen LogP contribution in [0.2, 0.25) is 0 Å². The van der Waals surface area contributed by atoms with E-state index in [0.717, 1.165) is 25.9 Å². The predicted octanol–water partition coefficient (Wildman–Crippen LogP) is 0.217. The monoisotopic (exact) mass is 226 g/mol. The standard InChI is InChI=1S/C11H22N4O/c1-2-3-6-13-11(12)15-8-10(16)14-7-9-4-5-9/h9H,2-8H2,1H3,(H,14,16)(H3,12,13,15). The lowest BCUT2D eigenvalue weighted by atomic mass is 10.3. The molecule has 0 heterocycles. The number of rotatable bonds is 7. The largest absolute Gasteiger partial charge is 0.370 e. The smallest absolute Gasteiger partial charge is 0.241 e. The number of nitrogens with zero attached hydrogens (tertiary/aromatic N) is 1. The normalized spacial score (nSPS) is 15.9. The van der Waals surface area contributed by atoms with Crippen LogP contribution >= 0.6 is 0 Å². The number of nitrogens with two attached hydrogens (primary N) is 1. The lowest BCUT2D eigenvalue weighted by Gasteiger charge is -2.04. The molecule has 1 saturated carbocycles. The summed E-state index contributed by atoms with van der Waals surface area (Å²) in [6.45, 7) is 3.84. The number of hydrogen-bond donors (Lipinski definition) is 3. The van der Waals surface area contributed by atoms with Crippen molar-refractivity contribution in [2.45, 2.75) is 32.6 Å². The first-order chi connectivity index (χ1) is 7.72. The van der Waals surface area contributed by atoms with Gasteiger partial charge in [0.2, 0.25) is 5.91 Å². The van der Waals surface area contributed by atoms with Gasteiger partial charge in [-0.1, -0.05) is 13.3 Å². The molecule has 16 heavy (non-hydrogen) atoms. The summed E-state index contributed by atoms with van der Waals surface area (Å²) in [4.78, 5) is 15.3. The Morgan fingerprint density at radius 3 is 2.81 bits per heavy atom. The van der Waals surface area contributed by atoms with E-state index in [0.29, 0.717) is 11.9 Å². The molecule has 0 spiro atoms. The first kappa shape index (κ1) is 12.8. The Bertz CT molecular complexity index is 248. The Kier molecular flexibility index (Phi) is 5.67. The zero-order valence-corrected chi connectivity index (χ0v) is 9.96. The molecular weight excluding hydrogens is 204 g/mol. The Hall–Kier alpha value is -1.26. The number of carbonyl (C=O) groups excluding carboxylic acids is 1. The molecule has 92 valence electrons. The summed E-state index contributed by atoms with van der Waals surface area (Å²) >= 11 is 0. The van der Waals surface area contributed by atoms with Crippen molar-refractivity contribution in [3.63, 3.8) is 0 Å². The van der Waals surface area contributed by atoms with Crippen LogP contribution in [0.3, 0.4) is 0 Å². The van der Waals surface area contributed by atoms with E-state index in [1.807, 2.05) is 0 Å². The molecule has 0 radical (unpaired) electrons. The molecule has 1 fully saturated rings. The van der Waals surface area contributed by atoms with Crippen molar-refractivity contribution >= 4 is 11.9 Å². The Morgan fingerprint density at radius 1 is 1.44 bits per heavy atom. The molecule has 0 aliphatic heterocycles. The van der Waals surface area contributed by atoms with Crippen molar-refractivity contribution in [3.05, 3.63) is 0 Å². The molecule has 0 aromatic heterocycles. The average molecular weight is 226 g/mol. The van der Waals surface area contributed by atoms with Crippen LogP contribution in [-0.2, 0) is 4.79 Å². The average Bonchev–Trinajstić information content (AvgIpc) is 3.08. The SMILES string of the molecule is CCCCNC(N)=NCC(=O)NCC1CC1. The maximum absolute atomic E-state index is 11.3. The summed E-state index contributed by atoms with van der Waals surface area (Å²) in [5.74, 6) is 1.01. The van der Waals surface area contributed by atoms with Gasteiger partial charge in [-0.3, -0.25) is 4.79 Å². The third-order valence-corrected chi connectivity index (χ3v) is 2.51. The molecule has 0 bridgehead atoms. The molecule has 0 aromatic rings. The van der Waals surface area contributed by atoms with Gasteiger partial charge in [-0.05, 0) is 25.2 Å². The second-order valence-corrected chi connectivity index (χ2v) is 4.23. The van der Waals surface area contributed by atoms with Crippen LogP contribution in [0.4, 0.5) is 0 Å². The summed E-state index contributed by atoms with van der Waals surface area (Å²) in [6.07, 6.45) is 4.65. The third-order valence-electron chi connectivity index (χ3n) is 2.51. The fraction of sp³-hybridized carbons (Fsp3) is 0.818. The molecular formula is C11H22N4O. The summed E-state index contributed by atoms with van der Waals surface area (Å²) in [5, 5.41) is 5.80. The zero-order valence-electron chi connectivity index (χ0n) is 9.96. The Labute approximate surface area is 96.9 Å². The fourth-order valence-corrected chi connectivity index (χ4v) is 1.24. The van der Waals surface area contributed by atoms with Crippen molar-refractivity contribution in [2.24, 2.45) is 16.6 Å². The highest BCUT2D eigenvalue weighted by Gasteiger charge is 2.21. The van der Waals surface area contributed by atoms with Crippen LogP contribution in [-0.4, -0.2) is 31.5 Å². The molecule has 0 aromatic carbocycles. The topological polar surface area (TPSA) is 79.5 Å². The number of guanidine groups is 1. The van der Waals surface area contributed by atoms with E-state index in [2.05, 4.69) is 22.5 Å². The Morgan fingerprint density at radius 2 is 2.19 bits per heavy atom. The molecule has 1 aliphatic carbocycles. The van der Waals surface area contributed by atoms with Gasteiger partial charge in [-0.25, -0.2) is 4.99 Å². The number of nitrogens with one attached hydrogen (secondary N) is 2. The molecule has 1 amide bonds. The van der Waals surface area contributed by atoms with Crippen LogP contribution < -0.4 is 16.4 Å². The minimum Gasteiger partial charge on any atom is -0.370 e. The molecule has 0 atom stereocenters. The highest BCUT2D eigenvalue weighted by atomic mass is 16.1. The fourth-order valence-electron chi connectivity index (χ4n) is 1.24. The first-order valence-electron chi connectivity index (χ1n) is 6.03. The van der Waals surface area contributed by atoms with Crippen molar-refractivity contribution in [1.82, 2.24) is 10.6 Å². The quantitative estimate of drug-likeness (QED) is 0.330. The van der Waals surface area contributed by atoms with E-state index < -0.39 is 0 Å². The van der Waals surface area contributed by atoms with Crippen LogP contribution in [0.1, 0.15) is 32.6 Å². The lowest BCUT2D eigenvalue weighted by Crippen LogP contribution is -2.34. The van der Waals surface area contributed by atoms with E-state index in [1.165, 1.54) is 12.8 Å². The summed E-state index contributed by atoms with van der Waals surface area (Å²) in [5.41, 5.74) is 5.59. The second-order valence-electron chi connectivity index (χ2n) is 4.23. The number of amides is 1. The van der Waals surface area contributed by atoms with E-state index >= 15 is 0 Å². The van der Waals surface area contributed by atoms with Gasteiger partial charge in [-0.15, -0.1) is 0 Å². The number of hydrogen-bond acceptors (Lipinski definition) is 2. The van der Waals surface area contributed by atoms with Gasteiger partial charge in [0, 0.05) is 13.1 Å². The minimum absolute atomic E-state index is 0.0489. The summed E-state index contributed by atoms with van der Waals surface area (Å²) in [6, 6.07) is 0. The Balaban J connectivity index is 2.04. The zero-order chi connectivity index (χ0) is 11.8. The van der Waals surface area contributed by atoms with Crippen LogP contribution in [0, 0.1) is 5.92 Å². The number of carbonyl (C=O) groups is 1. The van der Waals surface area contributed by atoms with Gasteiger partial charge in [0.15, 0.2) is 5.96 Å². The van der Waals surface area contributed by atoms with Crippen molar-refractivity contribution in [1.29, 1.82) is 0 Å². The maximum atomic E-state index is 11.3. The predicted molar refractivity (Wildman–Crippen MR) is 65.1 cm³/mol. The van der Waals surface area contributed by atoms with E-state index in [9.17, 15) is 4.79 Å². The number of aliphatic imine (C=N–C) groups is 1. The van der Waals surface area contributed by atoms with Crippen molar-refractivity contribution < 1.29 is 4.79 Å². The maximum Gasteiger partial charge on any atom is 0.241 e. The summed E-state index contributed by atoms with van der Waals surface area (Å²) < 4.78 is 0.